The van der Waals surface area contributed by atoms with Crippen LogP contribution in [0.2, 0.25) is 0 Å². The molecule has 23 heavy (non-hydrogen) atoms. The van der Waals surface area contributed by atoms with Crippen molar-refractivity contribution in [2.24, 2.45) is 5.73 Å². The van der Waals surface area contributed by atoms with E-state index in [2.05, 4.69) is 35.4 Å². The fourth-order valence-electron chi connectivity index (χ4n) is 0.683. The molecule has 0 aromatic carbocycles. The lowest BCUT2D eigenvalue weighted by Crippen LogP contribution is -2.14. The van der Waals surface area contributed by atoms with Gasteiger partial charge in [0.05, 0.1) is 4.91 Å². The lowest BCUT2D eigenvalue weighted by atomic mass is 10.4. The van der Waals surface area contributed by atoms with Crippen LogP contribution in [0, 0.1) is 0 Å². The first-order chi connectivity index (χ1) is 10.8. The third kappa shape index (κ3) is 25.2. The first kappa shape index (κ1) is 25.8. The molecule has 0 atom stereocenters. The van der Waals surface area contributed by atoms with Crippen molar-refractivity contribution < 1.29 is 24.5 Å². The standard InChI is InChI=1S/C9H10O3S.C3H5NO2S.C2H7N/c1-3-5-7(10)8(6-4-2)13-9(11)12;4-3(7)1-6-2-5;1-3-2/h3-6,10H,1-2H2,(H,11,12);2H,1H2,(H2,4,7);3H,1-2H3/b7-5+,8-6+;;. The number of nitrogens with one attached hydrogen (secondary N) is 1. The third-order valence-electron chi connectivity index (χ3n) is 1.29. The number of ether oxygens (including phenoxy) is 1. The van der Waals surface area contributed by atoms with E-state index in [-0.39, 0.29) is 22.3 Å². The molecular weight excluding hydrogens is 340 g/mol. The number of hydrogen-bond donors (Lipinski definition) is 4. The predicted octanol–water partition coefficient (Wildman–Crippen LogP) is 2.38. The van der Waals surface area contributed by atoms with Crippen LogP contribution in [-0.4, -0.2) is 47.7 Å². The summed E-state index contributed by atoms with van der Waals surface area (Å²) in [7, 11) is 3.75. The second kappa shape index (κ2) is 19.9. The zero-order chi connectivity index (χ0) is 18.7. The molecule has 0 aromatic heterocycles. The highest BCUT2D eigenvalue weighted by molar-refractivity contribution is 8.16. The zero-order valence-corrected chi connectivity index (χ0v) is 14.7. The number of aliphatic hydroxyl groups excluding tert-OH is 1. The summed E-state index contributed by atoms with van der Waals surface area (Å²) in [5.74, 6) is -0.137. The second-order valence-electron chi connectivity index (χ2n) is 3.30. The van der Waals surface area contributed by atoms with Gasteiger partial charge >= 0.3 is 5.30 Å². The van der Waals surface area contributed by atoms with E-state index in [1.807, 2.05) is 14.1 Å². The molecule has 5 N–H and O–H groups in total. The molecule has 0 fully saturated rings. The Hall–Kier alpha value is -2.10. The minimum atomic E-state index is -1.09. The topological polar surface area (TPSA) is 122 Å². The highest BCUT2D eigenvalue weighted by Gasteiger charge is 2.07. The highest BCUT2D eigenvalue weighted by atomic mass is 32.2. The minimum absolute atomic E-state index is 0.0405. The summed E-state index contributed by atoms with van der Waals surface area (Å²) >= 11 is 4.87. The van der Waals surface area contributed by atoms with Crippen LogP contribution in [0.25, 0.3) is 0 Å². The molecule has 0 amide bonds. The van der Waals surface area contributed by atoms with Crippen LogP contribution in [0.1, 0.15) is 0 Å². The summed E-state index contributed by atoms with van der Waals surface area (Å²) < 4.78 is 4.15. The third-order valence-corrected chi connectivity index (χ3v) is 2.15. The normalized spacial score (nSPS) is 10.0. The molecule has 0 heterocycles. The van der Waals surface area contributed by atoms with Crippen LogP contribution < -0.4 is 11.1 Å². The molecule has 0 aliphatic heterocycles. The average Bonchev–Trinajstić information content (AvgIpc) is 2.46. The fourth-order valence-corrected chi connectivity index (χ4v) is 1.28. The molecular formula is C14H22N2O5S2. The maximum absolute atomic E-state index is 10.3. The fraction of sp³-hybridized carbons (Fsp3) is 0.214. The van der Waals surface area contributed by atoms with Crippen molar-refractivity contribution in [1.82, 2.24) is 5.32 Å². The van der Waals surface area contributed by atoms with Gasteiger partial charge in [-0.05, 0) is 38.0 Å². The van der Waals surface area contributed by atoms with E-state index in [4.69, 9.17) is 10.8 Å². The number of carbonyl (C=O) groups excluding carboxylic acids is 1. The van der Waals surface area contributed by atoms with Crippen molar-refractivity contribution in [2.75, 3.05) is 20.7 Å². The Balaban J connectivity index is -0.000000335. The first-order valence-electron chi connectivity index (χ1n) is 5.98. The molecule has 0 rings (SSSR count). The van der Waals surface area contributed by atoms with E-state index in [9.17, 15) is 14.7 Å². The van der Waals surface area contributed by atoms with E-state index in [0.717, 1.165) is 0 Å². The van der Waals surface area contributed by atoms with Crippen molar-refractivity contribution in [3.05, 3.63) is 48.1 Å². The van der Waals surface area contributed by atoms with Crippen LogP contribution in [0.4, 0.5) is 4.79 Å². The van der Waals surface area contributed by atoms with Gasteiger partial charge in [-0.15, -0.1) is 0 Å². The lowest BCUT2D eigenvalue weighted by molar-refractivity contribution is -0.127. The maximum atomic E-state index is 10.3. The molecule has 0 radical (unpaired) electrons. The van der Waals surface area contributed by atoms with Gasteiger partial charge in [-0.1, -0.05) is 37.5 Å². The van der Waals surface area contributed by atoms with Crippen LogP contribution in [0.15, 0.2) is 48.1 Å². The van der Waals surface area contributed by atoms with E-state index in [1.165, 1.54) is 24.3 Å². The van der Waals surface area contributed by atoms with Gasteiger partial charge in [0.25, 0.3) is 6.47 Å². The monoisotopic (exact) mass is 362 g/mol. The molecule has 0 spiro atoms. The lowest BCUT2D eigenvalue weighted by Gasteiger charge is -2.00. The Bertz CT molecular complexity index is 448. The van der Waals surface area contributed by atoms with Gasteiger partial charge in [0.1, 0.15) is 17.4 Å². The molecule has 0 aliphatic rings. The quantitative estimate of drug-likeness (QED) is 0.234. The number of allylic oxidation sites excluding steroid dienone is 4. The number of carbonyl (C=O) groups is 2. The van der Waals surface area contributed by atoms with E-state index >= 15 is 0 Å². The van der Waals surface area contributed by atoms with Crippen LogP contribution in [-0.2, 0) is 9.53 Å². The molecule has 7 nitrogen and oxygen atoms in total. The molecule has 0 aliphatic carbocycles. The number of hydrogen-bond acceptors (Lipinski definition) is 7. The largest absolute Gasteiger partial charge is 0.507 e. The van der Waals surface area contributed by atoms with Gasteiger partial charge in [-0.25, -0.2) is 4.79 Å². The SMILES string of the molecule is C=C/C=C(O)\C(=C/C=C)SC(=O)O.CNC.NC(=S)COC=O. The number of thioether (sulfide) groups is 1. The van der Waals surface area contributed by atoms with Crippen molar-refractivity contribution in [1.29, 1.82) is 0 Å². The molecule has 0 saturated heterocycles. The Morgan fingerprint density at radius 3 is 2.04 bits per heavy atom. The van der Waals surface area contributed by atoms with E-state index in [1.54, 1.807) is 0 Å². The summed E-state index contributed by atoms with van der Waals surface area (Å²) in [5, 5.41) is 19.4. The molecule has 0 bridgehead atoms. The predicted molar refractivity (Wildman–Crippen MR) is 98.6 cm³/mol. The molecule has 130 valence electrons. The Kier molecular flexibility index (Phi) is 22.3. The highest BCUT2D eigenvalue weighted by Crippen LogP contribution is 2.22. The van der Waals surface area contributed by atoms with Gasteiger partial charge in [-0.2, -0.15) is 0 Å². The number of thiocarbonyl (C=S) groups is 1. The first-order valence-corrected chi connectivity index (χ1v) is 7.20. The van der Waals surface area contributed by atoms with Crippen LogP contribution in [0.5, 0.6) is 0 Å². The van der Waals surface area contributed by atoms with Crippen molar-refractivity contribution >= 4 is 40.7 Å². The van der Waals surface area contributed by atoms with E-state index in [0.29, 0.717) is 18.2 Å². The summed E-state index contributed by atoms with van der Waals surface area (Å²) in [6.45, 7) is 7.12. The molecule has 0 unspecified atom stereocenters. The van der Waals surface area contributed by atoms with Gasteiger partial charge in [0.15, 0.2) is 0 Å². The van der Waals surface area contributed by atoms with Gasteiger partial charge in [-0.3, -0.25) is 4.79 Å². The Morgan fingerprint density at radius 1 is 1.30 bits per heavy atom. The summed E-state index contributed by atoms with van der Waals surface area (Å²) in [6, 6.07) is 0. The second-order valence-corrected chi connectivity index (χ2v) is 4.81. The van der Waals surface area contributed by atoms with Crippen LogP contribution >= 0.6 is 24.0 Å². The minimum Gasteiger partial charge on any atom is -0.507 e. The maximum Gasteiger partial charge on any atom is 0.369 e. The Morgan fingerprint density at radius 2 is 1.78 bits per heavy atom. The van der Waals surface area contributed by atoms with Crippen molar-refractivity contribution in [3.63, 3.8) is 0 Å². The van der Waals surface area contributed by atoms with Gasteiger partial charge < -0.3 is 26.0 Å². The van der Waals surface area contributed by atoms with Crippen molar-refractivity contribution in [2.45, 2.75) is 0 Å². The number of aliphatic hydroxyl groups is 1. The van der Waals surface area contributed by atoms with Crippen LogP contribution in [0.3, 0.4) is 0 Å². The van der Waals surface area contributed by atoms with Gasteiger partial charge in [0, 0.05) is 0 Å². The Labute approximate surface area is 145 Å². The molecule has 9 heteroatoms. The number of nitrogens with two attached hydrogens (primary N) is 1. The molecule has 0 aromatic rings. The smallest absolute Gasteiger partial charge is 0.369 e. The summed E-state index contributed by atoms with van der Waals surface area (Å²) in [5.41, 5.74) is 4.93. The number of carboxylic acid groups (broad SMARTS) is 1. The average molecular weight is 362 g/mol. The molecule has 0 saturated carbocycles. The summed E-state index contributed by atoms with van der Waals surface area (Å²) in [4.78, 5) is 20.1. The van der Waals surface area contributed by atoms with Crippen molar-refractivity contribution in [3.8, 4) is 0 Å². The summed E-state index contributed by atoms with van der Waals surface area (Å²) in [6.07, 6.45) is 5.49. The van der Waals surface area contributed by atoms with E-state index < -0.39 is 5.30 Å². The van der Waals surface area contributed by atoms with Gasteiger partial charge in [0.2, 0.25) is 0 Å². The zero-order valence-electron chi connectivity index (χ0n) is 13.0. The number of rotatable bonds is 7.